The van der Waals surface area contributed by atoms with Crippen molar-refractivity contribution < 1.29 is 33.4 Å². The van der Waals surface area contributed by atoms with Crippen LogP contribution in [0.3, 0.4) is 0 Å². The maximum atomic E-state index is 14.1. The SMILES string of the molecule is COC(=O)C[C@H](C(=O)N1[C@@H]2CC[C@@H](C2)[C@H]1c1ncc(-c2ccc(-c3ccc4c(ccc5[nH]c([C@@H]6CCCN6C(=O)[C@@H](NC(=O)OC)C(C)C)nc54)c3)cc2)[nH]1)[C@@H](C)OC. The Morgan fingerprint density at radius 2 is 1.63 bits per heavy atom. The van der Waals surface area contributed by atoms with Crippen LogP contribution in [0, 0.1) is 17.8 Å². The summed E-state index contributed by atoms with van der Waals surface area (Å²) in [6, 6.07) is 17.9. The molecule has 1 aliphatic carbocycles. The second-order valence-corrected chi connectivity index (χ2v) is 16.6. The zero-order valence-corrected chi connectivity index (χ0v) is 34.5. The topological polar surface area (TPSA) is 172 Å². The maximum absolute atomic E-state index is 14.1. The number of carbonyl (C=O) groups excluding carboxylic acids is 4. The number of esters is 1. The van der Waals surface area contributed by atoms with Gasteiger partial charge in [-0.15, -0.1) is 0 Å². The monoisotopic (exact) mass is 803 g/mol. The number of nitrogens with one attached hydrogen (secondary N) is 3. The summed E-state index contributed by atoms with van der Waals surface area (Å²) in [5.74, 6) is 0.382. The van der Waals surface area contributed by atoms with Gasteiger partial charge in [0.15, 0.2) is 0 Å². The average molecular weight is 804 g/mol. The van der Waals surface area contributed by atoms with Crippen molar-refractivity contribution in [1.29, 1.82) is 0 Å². The van der Waals surface area contributed by atoms with Crippen molar-refractivity contribution in [2.75, 3.05) is 27.9 Å². The van der Waals surface area contributed by atoms with Gasteiger partial charge in [-0.3, -0.25) is 14.4 Å². The number of piperidine rings is 1. The van der Waals surface area contributed by atoms with Gasteiger partial charge in [0, 0.05) is 25.1 Å². The van der Waals surface area contributed by atoms with Gasteiger partial charge in [0.05, 0.1) is 67.7 Å². The molecule has 59 heavy (non-hydrogen) atoms. The summed E-state index contributed by atoms with van der Waals surface area (Å²) in [7, 11) is 4.19. The van der Waals surface area contributed by atoms with Gasteiger partial charge < -0.3 is 39.3 Å². The molecular formula is C45H53N7O7. The number of carbonyl (C=O) groups is 4. The molecule has 2 saturated heterocycles. The van der Waals surface area contributed by atoms with Gasteiger partial charge >= 0.3 is 12.1 Å². The third-order valence-electron chi connectivity index (χ3n) is 12.8. The number of likely N-dealkylation sites (tertiary alicyclic amines) is 2. The highest BCUT2D eigenvalue weighted by Crippen LogP contribution is 2.50. The van der Waals surface area contributed by atoms with E-state index >= 15 is 0 Å². The molecule has 3 aliphatic rings. The fourth-order valence-electron chi connectivity index (χ4n) is 9.56. The summed E-state index contributed by atoms with van der Waals surface area (Å²) < 4.78 is 15.3. The van der Waals surface area contributed by atoms with Crippen LogP contribution >= 0.6 is 0 Å². The summed E-state index contributed by atoms with van der Waals surface area (Å²) >= 11 is 0. The minimum absolute atomic E-state index is 0.0340. The molecule has 310 valence electrons. The molecule has 14 nitrogen and oxygen atoms in total. The minimum atomic E-state index is -0.696. The lowest BCUT2D eigenvalue weighted by Gasteiger charge is -2.37. The minimum Gasteiger partial charge on any atom is -0.469 e. The number of nitrogens with zero attached hydrogens (tertiary/aromatic N) is 4. The smallest absolute Gasteiger partial charge is 0.407 e. The Bertz CT molecular complexity index is 2370. The van der Waals surface area contributed by atoms with E-state index in [1.54, 1.807) is 7.11 Å². The largest absolute Gasteiger partial charge is 0.469 e. The zero-order valence-electron chi connectivity index (χ0n) is 34.5. The van der Waals surface area contributed by atoms with Gasteiger partial charge in [0.2, 0.25) is 11.8 Å². The van der Waals surface area contributed by atoms with Crippen molar-refractivity contribution in [3.05, 3.63) is 72.4 Å². The van der Waals surface area contributed by atoms with E-state index in [4.69, 9.17) is 24.2 Å². The van der Waals surface area contributed by atoms with Crippen molar-refractivity contribution in [2.45, 2.75) is 89.6 Å². The lowest BCUT2D eigenvalue weighted by Crippen LogP contribution is -2.51. The first-order valence-electron chi connectivity index (χ1n) is 20.6. The van der Waals surface area contributed by atoms with Gasteiger partial charge in [0.25, 0.3) is 0 Å². The molecule has 3 N–H and O–H groups in total. The summed E-state index contributed by atoms with van der Waals surface area (Å²) in [6.45, 7) is 6.23. The Labute approximate surface area is 343 Å². The molecule has 2 bridgehead atoms. The highest BCUT2D eigenvalue weighted by Gasteiger charge is 2.52. The van der Waals surface area contributed by atoms with Crippen LogP contribution in [0.15, 0.2) is 60.8 Å². The second-order valence-electron chi connectivity index (χ2n) is 16.6. The Hall–Kier alpha value is -5.76. The molecule has 0 unspecified atom stereocenters. The number of amides is 3. The first-order valence-corrected chi connectivity index (χ1v) is 20.6. The Kier molecular flexibility index (Phi) is 11.2. The fourth-order valence-corrected chi connectivity index (χ4v) is 9.56. The van der Waals surface area contributed by atoms with Crippen molar-refractivity contribution in [3.63, 3.8) is 0 Å². The quantitative estimate of drug-likeness (QED) is 0.112. The van der Waals surface area contributed by atoms with E-state index in [0.29, 0.717) is 12.5 Å². The number of H-pyrrole nitrogens is 2. The highest BCUT2D eigenvalue weighted by molar-refractivity contribution is 6.05. The third-order valence-corrected chi connectivity index (χ3v) is 12.8. The first-order chi connectivity index (χ1) is 28.5. The van der Waals surface area contributed by atoms with E-state index in [0.717, 1.165) is 87.9 Å². The maximum Gasteiger partial charge on any atom is 0.407 e. The second kappa shape index (κ2) is 16.5. The number of rotatable bonds is 12. The number of alkyl carbamates (subject to hydrolysis) is 1. The number of aromatic nitrogens is 4. The number of ether oxygens (including phenoxy) is 3. The molecule has 7 atom stereocenters. The Morgan fingerprint density at radius 3 is 2.36 bits per heavy atom. The van der Waals surface area contributed by atoms with Gasteiger partial charge in [-0.2, -0.15) is 0 Å². The molecule has 8 rings (SSSR count). The number of imidazole rings is 2. The molecule has 3 aromatic carbocycles. The van der Waals surface area contributed by atoms with Crippen molar-refractivity contribution in [2.24, 2.45) is 17.8 Å². The van der Waals surface area contributed by atoms with Gasteiger partial charge in [-0.05, 0) is 85.1 Å². The van der Waals surface area contributed by atoms with Crippen LogP contribution in [-0.4, -0.2) is 99.7 Å². The number of fused-ring (bicyclic) bond motifs is 5. The van der Waals surface area contributed by atoms with E-state index < -0.39 is 30.1 Å². The first kappa shape index (κ1) is 40.0. The van der Waals surface area contributed by atoms with Crippen LogP contribution in [0.1, 0.15) is 83.0 Å². The third kappa shape index (κ3) is 7.54. The summed E-state index contributed by atoms with van der Waals surface area (Å²) in [5, 5.41) is 4.78. The fraction of sp³-hybridized carbons (Fsp3) is 0.467. The number of aromatic amines is 2. The lowest BCUT2D eigenvalue weighted by atomic mass is 9.93. The molecule has 1 saturated carbocycles. The van der Waals surface area contributed by atoms with Crippen LogP contribution in [0.2, 0.25) is 0 Å². The lowest BCUT2D eigenvalue weighted by molar-refractivity contribution is -0.153. The molecule has 5 aromatic rings. The average Bonchev–Trinajstić information content (AvgIpc) is 4.11. The normalized spacial score (nSPS) is 21.6. The van der Waals surface area contributed by atoms with Crippen LogP contribution in [0.5, 0.6) is 0 Å². The molecule has 3 amide bonds. The Morgan fingerprint density at radius 1 is 0.864 bits per heavy atom. The van der Waals surface area contributed by atoms with Gasteiger partial charge in [0.1, 0.15) is 17.7 Å². The van der Waals surface area contributed by atoms with E-state index in [9.17, 15) is 19.2 Å². The number of hydrogen-bond acceptors (Lipinski definition) is 9. The molecule has 14 heteroatoms. The summed E-state index contributed by atoms with van der Waals surface area (Å²) in [5.41, 5.74) is 5.74. The molecule has 2 aromatic heterocycles. The number of benzene rings is 3. The molecule has 2 aliphatic heterocycles. The molecular weight excluding hydrogens is 751 g/mol. The molecule has 0 spiro atoms. The van der Waals surface area contributed by atoms with Crippen molar-refractivity contribution in [3.8, 4) is 22.4 Å². The van der Waals surface area contributed by atoms with E-state index in [2.05, 4.69) is 63.8 Å². The van der Waals surface area contributed by atoms with E-state index in [1.807, 2.05) is 42.8 Å². The zero-order chi connectivity index (χ0) is 41.5. The van der Waals surface area contributed by atoms with Crippen molar-refractivity contribution >= 4 is 45.7 Å². The standard InChI is InChI=1S/C45H53N7O7/c1-24(2)38(50-45(56)59-6)44(55)51-19-7-8-36(51)41-47-34-18-15-29-20-28(14-17-32(29)39(34)49-41)26-9-11-27(12-10-26)35-23-46-42(48-35)40-30-13-16-31(21-30)52(40)43(54)33(25(3)57-4)22-37(53)58-5/h9-12,14-15,17-18,20,23-25,30-31,33,36,38,40H,7-8,13,16,19,21-22H2,1-6H3,(H,46,48)(H,47,49)(H,50,56)/t25-,30+,31-,33+,36+,38+,40+/m1/s1. The van der Waals surface area contributed by atoms with Crippen LogP contribution in [0.25, 0.3) is 44.2 Å². The number of methoxy groups -OCH3 is 3. The van der Waals surface area contributed by atoms with Gasteiger partial charge in [-0.1, -0.05) is 56.3 Å². The van der Waals surface area contributed by atoms with E-state index in [1.165, 1.54) is 14.2 Å². The van der Waals surface area contributed by atoms with Crippen LogP contribution < -0.4 is 5.32 Å². The van der Waals surface area contributed by atoms with Crippen LogP contribution in [-0.2, 0) is 28.6 Å². The predicted molar refractivity (Wildman–Crippen MR) is 222 cm³/mol. The van der Waals surface area contributed by atoms with Gasteiger partial charge in [-0.25, -0.2) is 14.8 Å². The van der Waals surface area contributed by atoms with Crippen molar-refractivity contribution in [1.82, 2.24) is 35.1 Å². The Balaban J connectivity index is 0.997. The molecule has 0 radical (unpaired) electrons. The highest BCUT2D eigenvalue weighted by atomic mass is 16.5. The number of hydrogen-bond donors (Lipinski definition) is 3. The van der Waals surface area contributed by atoms with Crippen LogP contribution in [0.4, 0.5) is 4.79 Å². The summed E-state index contributed by atoms with van der Waals surface area (Å²) in [4.78, 5) is 72.8. The molecule has 3 fully saturated rings. The van der Waals surface area contributed by atoms with E-state index in [-0.39, 0.29) is 42.3 Å². The molecule has 4 heterocycles. The predicted octanol–water partition coefficient (Wildman–Crippen LogP) is 7.08. The summed E-state index contributed by atoms with van der Waals surface area (Å²) in [6.07, 6.45) is 5.25.